The number of amides is 2. The minimum absolute atomic E-state index is 0.00107. The van der Waals surface area contributed by atoms with Gasteiger partial charge in [-0.3, -0.25) is 14.9 Å². The summed E-state index contributed by atoms with van der Waals surface area (Å²) < 4.78 is 0.414. The molecule has 1 aliphatic carbocycles. The fourth-order valence-corrected chi connectivity index (χ4v) is 3.99. The van der Waals surface area contributed by atoms with Crippen LogP contribution in [0.2, 0.25) is 0 Å². The molecule has 0 saturated carbocycles. The third kappa shape index (κ3) is 1.54. The van der Waals surface area contributed by atoms with Gasteiger partial charge in [0.25, 0.3) is 17.6 Å². The Hall–Kier alpha value is -3.49. The Morgan fingerprint density at radius 3 is 2.64 bits per heavy atom. The number of pyridine rings is 1. The first-order chi connectivity index (χ1) is 12.0. The zero-order valence-corrected chi connectivity index (χ0v) is 12.7. The molecule has 1 aromatic carbocycles. The lowest BCUT2D eigenvalue weighted by Gasteiger charge is -2.07. The Kier molecular flexibility index (Phi) is 2.40. The normalized spacial score (nSPS) is 15.7. The molecule has 124 valence electrons. The van der Waals surface area contributed by atoms with Crippen LogP contribution in [0.15, 0.2) is 12.1 Å². The van der Waals surface area contributed by atoms with Crippen LogP contribution in [0.5, 0.6) is 0 Å². The van der Waals surface area contributed by atoms with Crippen LogP contribution < -0.4 is 5.32 Å². The molecule has 3 heterocycles. The highest BCUT2D eigenvalue weighted by Gasteiger charge is 2.39. The maximum absolute atomic E-state index is 12.4. The number of nitrogens with zero attached hydrogens (tertiary/aromatic N) is 3. The Bertz CT molecular complexity index is 1130. The number of carbonyl (C=O) groups is 2. The smallest absolute Gasteiger partial charge is 0.358 e. The van der Waals surface area contributed by atoms with E-state index in [9.17, 15) is 24.9 Å². The SMILES string of the molecule is O=C1NC(=O)c2c1c1c(c3nc4n(O)c([N+](=O)[O-])ccc-4c23)CCC1. The molecule has 0 fully saturated rings. The van der Waals surface area contributed by atoms with Gasteiger partial charge in [-0.1, -0.05) is 0 Å². The molecule has 1 aromatic rings. The molecular weight excluding hydrogens is 328 g/mol. The largest absolute Gasteiger partial charge is 0.363 e. The molecule has 3 aliphatic heterocycles. The molecule has 9 nitrogen and oxygen atoms in total. The van der Waals surface area contributed by atoms with Crippen LogP contribution in [0.1, 0.15) is 38.3 Å². The number of rotatable bonds is 1. The van der Waals surface area contributed by atoms with E-state index < -0.39 is 22.6 Å². The molecule has 2 amide bonds. The highest BCUT2D eigenvalue weighted by atomic mass is 16.6. The average molecular weight is 338 g/mol. The first-order valence-corrected chi connectivity index (χ1v) is 7.71. The van der Waals surface area contributed by atoms with E-state index >= 15 is 0 Å². The zero-order chi connectivity index (χ0) is 17.5. The summed E-state index contributed by atoms with van der Waals surface area (Å²) in [4.78, 5) is 39.3. The summed E-state index contributed by atoms with van der Waals surface area (Å²) in [6.07, 6.45) is 2.22. The van der Waals surface area contributed by atoms with Gasteiger partial charge >= 0.3 is 5.82 Å². The molecule has 0 spiro atoms. The van der Waals surface area contributed by atoms with Gasteiger partial charge in [-0.25, -0.2) is 4.98 Å². The molecule has 0 aromatic heterocycles. The summed E-state index contributed by atoms with van der Waals surface area (Å²) in [7, 11) is 0. The van der Waals surface area contributed by atoms with Crippen LogP contribution in [0.4, 0.5) is 5.82 Å². The van der Waals surface area contributed by atoms with Gasteiger partial charge in [0.1, 0.15) is 0 Å². The van der Waals surface area contributed by atoms with Crippen LogP contribution >= 0.6 is 0 Å². The van der Waals surface area contributed by atoms with Crippen LogP contribution in [-0.4, -0.2) is 31.7 Å². The molecule has 0 radical (unpaired) electrons. The maximum Gasteiger partial charge on any atom is 0.363 e. The first-order valence-electron chi connectivity index (χ1n) is 7.71. The van der Waals surface area contributed by atoms with Gasteiger partial charge in [0.2, 0.25) is 0 Å². The Balaban J connectivity index is 2.00. The van der Waals surface area contributed by atoms with E-state index in [1.54, 1.807) is 0 Å². The number of benzene rings is 1. The second-order valence-electron chi connectivity index (χ2n) is 6.18. The molecule has 5 rings (SSSR count). The second-order valence-corrected chi connectivity index (χ2v) is 6.18. The highest BCUT2D eigenvalue weighted by Crippen LogP contribution is 2.43. The minimum atomic E-state index is -0.718. The predicted molar refractivity (Wildman–Crippen MR) is 84.0 cm³/mol. The standard InChI is InChI=1S/C16H10N4O5/c21-15-11-6-2-1-3-7(6)13-10(12(11)16(22)18-15)8-4-5-9(20(24)25)19(23)14(8)17-13/h4-5,23H,1-3H2,(H,18,21,22). The number of carbonyl (C=O) groups excluding carboxylic acids is 2. The van der Waals surface area contributed by atoms with Gasteiger partial charge in [-0.15, -0.1) is 0 Å². The molecule has 0 atom stereocenters. The number of imide groups is 1. The Morgan fingerprint density at radius 2 is 1.88 bits per heavy atom. The number of aromatic nitrogens is 2. The fraction of sp³-hybridized carbons (Fsp3) is 0.188. The number of nitro groups is 1. The fourth-order valence-electron chi connectivity index (χ4n) is 3.99. The van der Waals surface area contributed by atoms with Gasteiger partial charge < -0.3 is 15.3 Å². The van der Waals surface area contributed by atoms with Crippen molar-refractivity contribution in [3.05, 3.63) is 44.5 Å². The average Bonchev–Trinajstić information content (AvgIpc) is 3.23. The van der Waals surface area contributed by atoms with Crippen LogP contribution in [0, 0.1) is 10.1 Å². The monoisotopic (exact) mass is 338 g/mol. The number of fused-ring (bicyclic) bond motifs is 8. The summed E-state index contributed by atoms with van der Waals surface area (Å²) in [6.45, 7) is 0. The van der Waals surface area contributed by atoms with Crippen LogP contribution in [-0.2, 0) is 12.8 Å². The molecule has 4 aliphatic rings. The Labute approximate surface area is 139 Å². The van der Waals surface area contributed by atoms with Crippen molar-refractivity contribution in [2.75, 3.05) is 0 Å². The van der Waals surface area contributed by atoms with Crippen LogP contribution in [0.25, 0.3) is 22.3 Å². The summed E-state index contributed by atoms with van der Waals surface area (Å²) in [5, 5.41) is 24.0. The van der Waals surface area contributed by atoms with E-state index in [1.165, 1.54) is 6.07 Å². The lowest BCUT2D eigenvalue weighted by molar-refractivity contribution is -0.397. The summed E-state index contributed by atoms with van der Waals surface area (Å²) in [5.41, 5.74) is 3.23. The maximum atomic E-state index is 12.4. The molecule has 25 heavy (non-hydrogen) atoms. The minimum Gasteiger partial charge on any atom is -0.358 e. The number of hydrogen-bond donors (Lipinski definition) is 2. The van der Waals surface area contributed by atoms with Crippen molar-refractivity contribution < 1.29 is 19.7 Å². The number of aryl methyl sites for hydroxylation is 1. The summed E-state index contributed by atoms with van der Waals surface area (Å²) >= 11 is 0. The van der Waals surface area contributed by atoms with Crippen molar-refractivity contribution in [3.63, 3.8) is 0 Å². The molecule has 0 unspecified atom stereocenters. The van der Waals surface area contributed by atoms with E-state index in [0.29, 0.717) is 39.6 Å². The van der Waals surface area contributed by atoms with Gasteiger partial charge in [0.05, 0.1) is 22.2 Å². The van der Waals surface area contributed by atoms with Gasteiger partial charge in [-0.05, 0) is 46.1 Å². The van der Waals surface area contributed by atoms with Gasteiger partial charge in [0.15, 0.2) is 0 Å². The second kappa shape index (κ2) is 4.32. The lowest BCUT2D eigenvalue weighted by atomic mass is 9.93. The Morgan fingerprint density at radius 1 is 1.16 bits per heavy atom. The van der Waals surface area contributed by atoms with Crippen molar-refractivity contribution in [1.29, 1.82) is 0 Å². The third-order valence-corrected chi connectivity index (χ3v) is 4.96. The highest BCUT2D eigenvalue weighted by molar-refractivity contribution is 6.29. The molecule has 2 N–H and O–H groups in total. The summed E-state index contributed by atoms with van der Waals surface area (Å²) in [5.74, 6) is -1.45. The van der Waals surface area contributed by atoms with Gasteiger partial charge in [0, 0.05) is 11.5 Å². The molecular formula is C16H10N4O5. The van der Waals surface area contributed by atoms with E-state index in [2.05, 4.69) is 10.3 Å². The van der Waals surface area contributed by atoms with Crippen molar-refractivity contribution >= 4 is 28.5 Å². The molecule has 0 saturated heterocycles. The molecule has 9 heteroatoms. The first kappa shape index (κ1) is 13.9. The van der Waals surface area contributed by atoms with E-state index in [0.717, 1.165) is 23.6 Å². The zero-order valence-electron chi connectivity index (χ0n) is 12.7. The van der Waals surface area contributed by atoms with E-state index in [1.807, 2.05) is 0 Å². The molecule has 0 bridgehead atoms. The quantitative estimate of drug-likeness (QED) is 0.301. The van der Waals surface area contributed by atoms with Crippen molar-refractivity contribution in [3.8, 4) is 11.4 Å². The summed E-state index contributed by atoms with van der Waals surface area (Å²) in [6, 6.07) is 2.60. The van der Waals surface area contributed by atoms with Crippen molar-refractivity contribution in [2.45, 2.75) is 19.3 Å². The van der Waals surface area contributed by atoms with E-state index in [-0.39, 0.29) is 11.4 Å². The topological polar surface area (TPSA) is 127 Å². The van der Waals surface area contributed by atoms with Crippen molar-refractivity contribution in [1.82, 2.24) is 15.0 Å². The van der Waals surface area contributed by atoms with Gasteiger partial charge in [-0.2, -0.15) is 0 Å². The van der Waals surface area contributed by atoms with Crippen LogP contribution in [0.3, 0.4) is 0 Å². The number of hydrogen-bond acceptors (Lipinski definition) is 6. The van der Waals surface area contributed by atoms with E-state index in [4.69, 9.17) is 0 Å². The number of nitrogens with one attached hydrogen (secondary N) is 1. The predicted octanol–water partition coefficient (Wildman–Crippen LogP) is 1.66. The van der Waals surface area contributed by atoms with Crippen molar-refractivity contribution in [2.24, 2.45) is 0 Å². The lowest BCUT2D eigenvalue weighted by Crippen LogP contribution is -2.20. The third-order valence-electron chi connectivity index (χ3n) is 4.96.